The van der Waals surface area contributed by atoms with Gasteiger partial charge in [-0.2, -0.15) is 0 Å². The van der Waals surface area contributed by atoms with Crippen LogP contribution >= 0.6 is 0 Å². The molecular weight excluding hydrogens is 325 g/mol. The lowest BCUT2D eigenvalue weighted by Gasteiger charge is -2.22. The largest absolute Gasteiger partial charge is 0.496 e. The van der Waals surface area contributed by atoms with Crippen LogP contribution in [0.25, 0.3) is 0 Å². The van der Waals surface area contributed by atoms with Crippen LogP contribution in [0.1, 0.15) is 47.9 Å². The summed E-state index contributed by atoms with van der Waals surface area (Å²) in [7, 11) is 1.51. The molecule has 1 fully saturated rings. The van der Waals surface area contributed by atoms with Gasteiger partial charge in [0.25, 0.3) is 5.91 Å². The molecule has 1 atom stereocenters. The van der Waals surface area contributed by atoms with Gasteiger partial charge in [-0.1, -0.05) is 5.21 Å². The summed E-state index contributed by atoms with van der Waals surface area (Å²) in [4.78, 5) is 12.4. The number of halogens is 1. The number of ether oxygens (including phenoxy) is 1. The molecule has 1 amide bonds. The molecule has 0 radical (unpaired) electrons. The highest BCUT2D eigenvalue weighted by atomic mass is 19.1. The summed E-state index contributed by atoms with van der Waals surface area (Å²) in [6, 6.07) is 4.05. The highest BCUT2D eigenvalue weighted by molar-refractivity contribution is 5.92. The first-order chi connectivity index (χ1) is 12.1. The van der Waals surface area contributed by atoms with E-state index in [4.69, 9.17) is 4.74 Å². The number of piperidine rings is 1. The number of carbonyl (C=O) groups excluding carboxylic acids is 1. The van der Waals surface area contributed by atoms with E-state index in [9.17, 15) is 9.18 Å². The van der Waals surface area contributed by atoms with Crippen LogP contribution in [0, 0.1) is 5.82 Å². The molecule has 2 aromatic rings. The minimum Gasteiger partial charge on any atom is -0.496 e. The quantitative estimate of drug-likeness (QED) is 0.863. The van der Waals surface area contributed by atoms with Gasteiger partial charge in [-0.25, -0.2) is 9.07 Å². The molecule has 1 saturated heterocycles. The van der Waals surface area contributed by atoms with Crippen LogP contribution in [0.4, 0.5) is 4.39 Å². The average molecular weight is 347 g/mol. The van der Waals surface area contributed by atoms with E-state index in [1.165, 1.54) is 19.2 Å². The van der Waals surface area contributed by atoms with E-state index in [0.717, 1.165) is 25.9 Å². The second-order valence-corrected chi connectivity index (χ2v) is 6.15. The molecule has 1 aliphatic heterocycles. The lowest BCUT2D eigenvalue weighted by atomic mass is 10.1. The molecule has 2 heterocycles. The lowest BCUT2D eigenvalue weighted by Crippen LogP contribution is -2.29. The molecule has 0 bridgehead atoms. The summed E-state index contributed by atoms with van der Waals surface area (Å²) in [5, 5.41) is 14.2. The number of hydrogen-bond acceptors (Lipinski definition) is 5. The van der Waals surface area contributed by atoms with Gasteiger partial charge in [-0.05, 0) is 51.1 Å². The Hall–Kier alpha value is -2.48. The fourth-order valence-electron chi connectivity index (χ4n) is 3.02. The zero-order chi connectivity index (χ0) is 17.8. The first kappa shape index (κ1) is 17.3. The molecule has 0 aliphatic carbocycles. The number of nitrogens with zero attached hydrogens (tertiary/aromatic N) is 3. The van der Waals surface area contributed by atoms with Gasteiger partial charge in [0.1, 0.15) is 11.6 Å². The van der Waals surface area contributed by atoms with Crippen LogP contribution in [0.5, 0.6) is 5.75 Å². The third-order valence-corrected chi connectivity index (χ3v) is 4.43. The van der Waals surface area contributed by atoms with Crippen molar-refractivity contribution in [2.45, 2.75) is 31.8 Å². The zero-order valence-corrected chi connectivity index (χ0v) is 14.3. The van der Waals surface area contributed by atoms with Crippen molar-refractivity contribution in [2.75, 3.05) is 20.2 Å². The lowest BCUT2D eigenvalue weighted by molar-refractivity contribution is 0.0934. The molecule has 134 valence electrons. The Morgan fingerprint density at radius 2 is 2.20 bits per heavy atom. The van der Waals surface area contributed by atoms with Crippen molar-refractivity contribution in [3.63, 3.8) is 0 Å². The molecular formula is C17H22FN5O2. The number of methoxy groups -OCH3 is 1. The first-order valence-electron chi connectivity index (χ1n) is 8.35. The minimum absolute atomic E-state index is 0.251. The van der Waals surface area contributed by atoms with Crippen molar-refractivity contribution in [1.29, 1.82) is 0 Å². The van der Waals surface area contributed by atoms with Gasteiger partial charge in [0.15, 0.2) is 5.69 Å². The maximum absolute atomic E-state index is 13.5. The normalized spacial score (nSPS) is 16.4. The highest BCUT2D eigenvalue weighted by Crippen LogP contribution is 2.26. The van der Waals surface area contributed by atoms with Crippen molar-refractivity contribution in [1.82, 2.24) is 25.6 Å². The summed E-state index contributed by atoms with van der Waals surface area (Å²) >= 11 is 0. The van der Waals surface area contributed by atoms with E-state index in [1.54, 1.807) is 23.9 Å². The van der Waals surface area contributed by atoms with Crippen LogP contribution in [0.15, 0.2) is 24.4 Å². The molecule has 1 aliphatic rings. The van der Waals surface area contributed by atoms with Crippen LogP contribution < -0.4 is 15.4 Å². The highest BCUT2D eigenvalue weighted by Gasteiger charge is 2.21. The maximum atomic E-state index is 13.5. The maximum Gasteiger partial charge on any atom is 0.273 e. The average Bonchev–Trinajstić information content (AvgIpc) is 3.12. The van der Waals surface area contributed by atoms with Gasteiger partial charge in [0.2, 0.25) is 0 Å². The van der Waals surface area contributed by atoms with E-state index in [1.807, 2.05) is 0 Å². The van der Waals surface area contributed by atoms with Crippen molar-refractivity contribution < 1.29 is 13.9 Å². The van der Waals surface area contributed by atoms with Crippen molar-refractivity contribution in [3.8, 4) is 5.75 Å². The minimum atomic E-state index is -0.429. The Balaban J connectivity index is 1.70. The molecule has 1 aromatic heterocycles. The predicted molar refractivity (Wildman–Crippen MR) is 90.0 cm³/mol. The summed E-state index contributed by atoms with van der Waals surface area (Å²) in [6.45, 7) is 3.64. The number of rotatable bonds is 5. The third kappa shape index (κ3) is 3.96. The number of carbonyl (C=O) groups is 1. The van der Waals surface area contributed by atoms with E-state index in [0.29, 0.717) is 11.3 Å². The fourth-order valence-corrected chi connectivity index (χ4v) is 3.02. The Bertz CT molecular complexity index is 742. The van der Waals surface area contributed by atoms with E-state index < -0.39 is 6.04 Å². The molecule has 1 unspecified atom stereocenters. The monoisotopic (exact) mass is 347 g/mol. The van der Waals surface area contributed by atoms with Gasteiger partial charge < -0.3 is 15.4 Å². The number of benzene rings is 1. The molecule has 7 nitrogen and oxygen atoms in total. The number of hydrogen-bond donors (Lipinski definition) is 2. The Morgan fingerprint density at radius 1 is 1.44 bits per heavy atom. The molecule has 0 spiro atoms. The SMILES string of the molecule is COc1ccc(F)cc1C(C)NC(=O)c1cn(C2CCNCC2)nn1. The Morgan fingerprint density at radius 3 is 2.92 bits per heavy atom. The Labute approximate surface area is 145 Å². The third-order valence-electron chi connectivity index (χ3n) is 4.43. The van der Waals surface area contributed by atoms with E-state index in [2.05, 4.69) is 20.9 Å². The van der Waals surface area contributed by atoms with Gasteiger partial charge in [0.05, 0.1) is 25.4 Å². The van der Waals surface area contributed by atoms with Crippen LogP contribution in [-0.2, 0) is 0 Å². The predicted octanol–water partition coefficient (Wildman–Crippen LogP) is 1.84. The van der Waals surface area contributed by atoms with Crippen molar-refractivity contribution >= 4 is 5.91 Å². The Kier molecular flexibility index (Phi) is 5.28. The molecule has 25 heavy (non-hydrogen) atoms. The summed E-state index contributed by atoms with van der Waals surface area (Å²) in [6.07, 6.45) is 3.59. The van der Waals surface area contributed by atoms with Gasteiger partial charge in [-0.3, -0.25) is 4.79 Å². The smallest absolute Gasteiger partial charge is 0.273 e. The van der Waals surface area contributed by atoms with Gasteiger partial charge >= 0.3 is 0 Å². The molecule has 8 heteroatoms. The molecule has 0 saturated carbocycles. The molecule has 2 N–H and O–H groups in total. The summed E-state index contributed by atoms with van der Waals surface area (Å²) in [5.74, 6) is -0.208. The number of aromatic nitrogens is 3. The number of amides is 1. The molecule has 1 aromatic carbocycles. The number of nitrogens with one attached hydrogen (secondary N) is 2. The van der Waals surface area contributed by atoms with E-state index >= 15 is 0 Å². The van der Waals surface area contributed by atoms with Gasteiger partial charge in [0, 0.05) is 5.56 Å². The molecule has 3 rings (SSSR count). The van der Waals surface area contributed by atoms with Crippen LogP contribution in [-0.4, -0.2) is 41.1 Å². The second-order valence-electron chi connectivity index (χ2n) is 6.15. The van der Waals surface area contributed by atoms with Crippen molar-refractivity contribution in [3.05, 3.63) is 41.5 Å². The van der Waals surface area contributed by atoms with Crippen LogP contribution in [0.3, 0.4) is 0 Å². The first-order valence-corrected chi connectivity index (χ1v) is 8.35. The zero-order valence-electron chi connectivity index (χ0n) is 14.3. The second kappa shape index (κ2) is 7.60. The standard InChI is InChI=1S/C17H22FN5O2/c1-11(14-9-12(18)3-4-16(14)25-2)20-17(24)15-10-23(22-21-15)13-5-7-19-8-6-13/h3-4,9-11,13,19H,5-8H2,1-2H3,(H,20,24). The van der Waals surface area contributed by atoms with E-state index in [-0.39, 0.29) is 23.5 Å². The van der Waals surface area contributed by atoms with Crippen molar-refractivity contribution in [2.24, 2.45) is 0 Å². The fraction of sp³-hybridized carbons (Fsp3) is 0.471. The van der Waals surface area contributed by atoms with Crippen LogP contribution in [0.2, 0.25) is 0 Å². The summed E-state index contributed by atoms with van der Waals surface area (Å²) < 4.78 is 20.5. The van der Waals surface area contributed by atoms with Gasteiger partial charge in [-0.15, -0.1) is 5.10 Å². The topological polar surface area (TPSA) is 81.1 Å². The summed E-state index contributed by atoms with van der Waals surface area (Å²) in [5.41, 5.74) is 0.822.